The van der Waals surface area contributed by atoms with Crippen LogP contribution in [0.1, 0.15) is 18.5 Å². The van der Waals surface area contributed by atoms with E-state index < -0.39 is 10.0 Å². The lowest BCUT2D eigenvalue weighted by Gasteiger charge is -2.14. The highest BCUT2D eigenvalue weighted by atomic mass is 32.2. The van der Waals surface area contributed by atoms with Crippen molar-refractivity contribution in [2.24, 2.45) is 0 Å². The average Bonchev–Trinajstić information content (AvgIpc) is 2.97. The molecule has 3 rings (SSSR count). The first-order valence-electron chi connectivity index (χ1n) is 7.35. The first-order chi connectivity index (χ1) is 11.1. The summed E-state index contributed by atoms with van der Waals surface area (Å²) in [5.74, 6) is -0.00203. The van der Waals surface area contributed by atoms with Crippen molar-refractivity contribution in [2.75, 3.05) is 5.75 Å². The van der Waals surface area contributed by atoms with Crippen molar-refractivity contribution < 1.29 is 8.42 Å². The standard InChI is InChI=1S/C16H18N4O2S/c1-13(14-5-4-8-17-11-14)19-23(21,22)10-9-20-12-18-15-6-2-3-7-16(15)20/h2-8,11-13,19H,9-10H2,1H3/t13-/m1/s1. The molecule has 0 aliphatic rings. The van der Waals surface area contributed by atoms with Gasteiger partial charge in [-0.1, -0.05) is 18.2 Å². The second kappa shape index (κ2) is 6.47. The van der Waals surface area contributed by atoms with Crippen molar-refractivity contribution in [3.05, 3.63) is 60.7 Å². The summed E-state index contributed by atoms with van der Waals surface area (Å²) >= 11 is 0. The van der Waals surface area contributed by atoms with Crippen molar-refractivity contribution in [3.63, 3.8) is 0 Å². The number of benzene rings is 1. The summed E-state index contributed by atoms with van der Waals surface area (Å²) in [7, 11) is -3.40. The van der Waals surface area contributed by atoms with Gasteiger partial charge in [0.25, 0.3) is 0 Å². The molecule has 0 radical (unpaired) electrons. The van der Waals surface area contributed by atoms with Gasteiger partial charge in [-0.3, -0.25) is 4.98 Å². The molecule has 120 valence electrons. The highest BCUT2D eigenvalue weighted by Gasteiger charge is 2.16. The number of aryl methyl sites for hydroxylation is 1. The van der Waals surface area contributed by atoms with Gasteiger partial charge >= 0.3 is 0 Å². The van der Waals surface area contributed by atoms with Gasteiger partial charge in [-0.05, 0) is 30.7 Å². The molecular weight excluding hydrogens is 312 g/mol. The predicted molar refractivity (Wildman–Crippen MR) is 89.3 cm³/mol. The van der Waals surface area contributed by atoms with E-state index in [1.165, 1.54) is 0 Å². The van der Waals surface area contributed by atoms with E-state index in [2.05, 4.69) is 14.7 Å². The van der Waals surface area contributed by atoms with Gasteiger partial charge in [-0.15, -0.1) is 0 Å². The summed E-state index contributed by atoms with van der Waals surface area (Å²) in [5.41, 5.74) is 2.63. The maximum atomic E-state index is 12.3. The second-order valence-corrected chi connectivity index (χ2v) is 7.24. The van der Waals surface area contributed by atoms with E-state index in [-0.39, 0.29) is 11.8 Å². The zero-order valence-electron chi connectivity index (χ0n) is 12.8. The largest absolute Gasteiger partial charge is 0.330 e. The molecule has 1 atom stereocenters. The Bertz CT molecular complexity index is 891. The molecule has 1 aromatic carbocycles. The molecular formula is C16H18N4O2S. The number of hydrogen-bond acceptors (Lipinski definition) is 4. The molecule has 0 saturated heterocycles. The minimum Gasteiger partial charge on any atom is -0.330 e. The lowest BCUT2D eigenvalue weighted by molar-refractivity contribution is 0.561. The first-order valence-corrected chi connectivity index (χ1v) is 9.00. The Morgan fingerprint density at radius 2 is 2.04 bits per heavy atom. The van der Waals surface area contributed by atoms with E-state index in [9.17, 15) is 8.42 Å². The van der Waals surface area contributed by atoms with Crippen LogP contribution in [0.2, 0.25) is 0 Å². The Hall–Kier alpha value is -2.25. The van der Waals surface area contributed by atoms with Crippen LogP contribution in [0.15, 0.2) is 55.1 Å². The third-order valence-electron chi connectivity index (χ3n) is 3.67. The molecule has 0 bridgehead atoms. The van der Waals surface area contributed by atoms with Gasteiger partial charge in [0.05, 0.1) is 23.1 Å². The van der Waals surface area contributed by atoms with E-state index in [4.69, 9.17) is 0 Å². The highest BCUT2D eigenvalue weighted by molar-refractivity contribution is 7.89. The number of pyridine rings is 1. The van der Waals surface area contributed by atoms with Crippen LogP contribution in [0.25, 0.3) is 11.0 Å². The number of hydrogen-bond donors (Lipinski definition) is 1. The van der Waals surface area contributed by atoms with E-state index in [0.717, 1.165) is 16.6 Å². The first kappa shape index (κ1) is 15.6. The Labute approximate surface area is 135 Å². The van der Waals surface area contributed by atoms with Crippen molar-refractivity contribution in [3.8, 4) is 0 Å². The monoisotopic (exact) mass is 330 g/mol. The maximum absolute atomic E-state index is 12.3. The van der Waals surface area contributed by atoms with Gasteiger partial charge < -0.3 is 4.57 Å². The smallest absolute Gasteiger partial charge is 0.213 e. The minimum absolute atomic E-state index is 0.00203. The SMILES string of the molecule is C[C@@H](NS(=O)(=O)CCn1cnc2ccccc21)c1cccnc1. The number of nitrogens with one attached hydrogen (secondary N) is 1. The van der Waals surface area contributed by atoms with Gasteiger partial charge in [-0.25, -0.2) is 18.1 Å². The van der Waals surface area contributed by atoms with Gasteiger partial charge in [0.1, 0.15) is 0 Å². The molecule has 2 aromatic heterocycles. The van der Waals surface area contributed by atoms with E-state index in [1.807, 2.05) is 34.9 Å². The summed E-state index contributed by atoms with van der Waals surface area (Å²) in [6, 6.07) is 11.0. The number of rotatable bonds is 6. The van der Waals surface area contributed by atoms with Crippen LogP contribution in [0.5, 0.6) is 0 Å². The Morgan fingerprint density at radius 3 is 2.83 bits per heavy atom. The molecule has 3 aromatic rings. The minimum atomic E-state index is -3.40. The zero-order valence-corrected chi connectivity index (χ0v) is 13.6. The molecule has 0 aliphatic carbocycles. The van der Waals surface area contributed by atoms with Crippen molar-refractivity contribution in [1.82, 2.24) is 19.3 Å². The molecule has 0 unspecified atom stereocenters. The zero-order chi connectivity index (χ0) is 16.3. The molecule has 0 amide bonds. The van der Waals surface area contributed by atoms with Gasteiger partial charge in [0.2, 0.25) is 10.0 Å². The number of aromatic nitrogens is 3. The Balaban J connectivity index is 1.67. The van der Waals surface area contributed by atoms with Crippen LogP contribution < -0.4 is 4.72 Å². The van der Waals surface area contributed by atoms with E-state index in [1.54, 1.807) is 31.7 Å². The molecule has 1 N–H and O–H groups in total. The van der Waals surface area contributed by atoms with Crippen LogP contribution in [0.3, 0.4) is 0 Å². The van der Waals surface area contributed by atoms with Crippen LogP contribution in [0.4, 0.5) is 0 Å². The number of nitrogens with zero attached hydrogens (tertiary/aromatic N) is 3. The fourth-order valence-electron chi connectivity index (χ4n) is 2.44. The van der Waals surface area contributed by atoms with Crippen molar-refractivity contribution in [1.29, 1.82) is 0 Å². The molecule has 23 heavy (non-hydrogen) atoms. The number of fused-ring (bicyclic) bond motifs is 1. The van der Waals surface area contributed by atoms with Gasteiger partial charge in [0, 0.05) is 25.0 Å². The lowest BCUT2D eigenvalue weighted by atomic mass is 10.2. The molecule has 6 nitrogen and oxygen atoms in total. The van der Waals surface area contributed by atoms with E-state index >= 15 is 0 Å². The highest BCUT2D eigenvalue weighted by Crippen LogP contribution is 2.13. The summed E-state index contributed by atoms with van der Waals surface area (Å²) in [5, 5.41) is 0. The topological polar surface area (TPSA) is 76.9 Å². The van der Waals surface area contributed by atoms with Gasteiger partial charge in [-0.2, -0.15) is 0 Å². The summed E-state index contributed by atoms with van der Waals surface area (Å²) in [4.78, 5) is 8.28. The maximum Gasteiger partial charge on any atom is 0.213 e. The molecule has 0 fully saturated rings. The van der Waals surface area contributed by atoms with Crippen LogP contribution in [-0.4, -0.2) is 28.7 Å². The van der Waals surface area contributed by atoms with Crippen molar-refractivity contribution in [2.45, 2.75) is 19.5 Å². The molecule has 0 saturated carbocycles. The Morgan fingerprint density at radius 1 is 1.22 bits per heavy atom. The summed E-state index contributed by atoms with van der Waals surface area (Å²) < 4.78 is 29.1. The number of para-hydroxylation sites is 2. The van der Waals surface area contributed by atoms with Crippen LogP contribution in [0, 0.1) is 0 Å². The summed E-state index contributed by atoms with van der Waals surface area (Å²) in [6.07, 6.45) is 5.00. The molecule has 0 aliphatic heterocycles. The fraction of sp³-hybridized carbons (Fsp3) is 0.250. The molecule has 2 heterocycles. The molecule has 0 spiro atoms. The third kappa shape index (κ3) is 3.75. The predicted octanol–water partition coefficient (Wildman–Crippen LogP) is 2.11. The Kier molecular flexibility index (Phi) is 4.40. The summed E-state index contributed by atoms with van der Waals surface area (Å²) in [6.45, 7) is 2.16. The lowest BCUT2D eigenvalue weighted by Crippen LogP contribution is -2.30. The van der Waals surface area contributed by atoms with Crippen molar-refractivity contribution >= 4 is 21.1 Å². The third-order valence-corrected chi connectivity index (χ3v) is 5.10. The van der Waals surface area contributed by atoms with Gasteiger partial charge in [0.15, 0.2) is 0 Å². The number of sulfonamides is 1. The quantitative estimate of drug-likeness (QED) is 0.751. The average molecular weight is 330 g/mol. The molecule has 7 heteroatoms. The second-order valence-electron chi connectivity index (χ2n) is 5.37. The van der Waals surface area contributed by atoms with Crippen LogP contribution >= 0.6 is 0 Å². The number of imidazole rings is 1. The van der Waals surface area contributed by atoms with Crippen LogP contribution in [-0.2, 0) is 16.6 Å². The fourth-order valence-corrected chi connectivity index (χ4v) is 3.67. The normalized spacial score (nSPS) is 13.3. The van der Waals surface area contributed by atoms with E-state index in [0.29, 0.717) is 6.54 Å².